The van der Waals surface area contributed by atoms with E-state index >= 15 is 0 Å². The maximum Gasteiger partial charge on any atom is 0.334 e. The van der Waals surface area contributed by atoms with Gasteiger partial charge in [0.25, 0.3) is 0 Å². The molecule has 0 heterocycles. The summed E-state index contributed by atoms with van der Waals surface area (Å²) in [7, 11) is -5.22. The lowest BCUT2D eigenvalue weighted by Crippen LogP contribution is -2.48. The molecule has 0 aliphatic carbocycles. The highest BCUT2D eigenvalue weighted by atomic mass is 31.2. The summed E-state index contributed by atoms with van der Waals surface area (Å²) in [6, 6.07) is 30.7. The fourth-order valence-corrected chi connectivity index (χ4v) is 8.24. The first-order valence-electron chi connectivity index (χ1n) is 18.8. The summed E-state index contributed by atoms with van der Waals surface area (Å²) in [4.78, 5) is 31.3. The highest BCUT2D eigenvalue weighted by Gasteiger charge is 2.59. The monoisotopic (exact) mass is 810 g/mol. The Morgan fingerprint density at radius 2 is 0.536 bits per heavy atom. The molecule has 0 spiro atoms. The lowest BCUT2D eigenvalue weighted by atomic mass is 9.58. The van der Waals surface area contributed by atoms with Crippen LogP contribution in [0.2, 0.25) is 0 Å². The van der Waals surface area contributed by atoms with Crippen molar-refractivity contribution in [3.63, 3.8) is 0 Å². The molecule has 0 aliphatic heterocycles. The van der Waals surface area contributed by atoms with Crippen molar-refractivity contribution in [2.75, 3.05) is 0 Å². The lowest BCUT2D eigenvalue weighted by Gasteiger charge is -2.51. The molecule has 4 unspecified atom stereocenters. The maximum atomic E-state index is 13.3. The fraction of sp³-hybridized carbons (Fsp3) is 0.467. The Bertz CT molecular complexity index is 1600. The molecule has 308 valence electrons. The fourth-order valence-electron chi connectivity index (χ4n) is 7.71. The van der Waals surface area contributed by atoms with Crippen LogP contribution in [0, 0.1) is 5.41 Å². The number of aliphatic hydroxyl groups is 4. The first-order valence-corrected chi connectivity index (χ1v) is 21.1. The first-order chi connectivity index (χ1) is 25.7. The third-order valence-corrected chi connectivity index (χ3v) is 11.5. The standard InChI is InChI=1S/C45H60O4.H4O5P2/c1-41(2,3)33-25-17-13-21-29(33)37(46)45(38(47)30-22-14-18-26-34(30)42(4,5)6,39(48)31-23-15-19-27-35(31)43(7,8)9)40(49)32-24-16-20-28-36(32)44(10,11)12;1-6(2)5-7(3)4/h13-28,37-40,46-49H,1-12H3;1-4H. The van der Waals surface area contributed by atoms with Crippen LogP contribution in [0.25, 0.3) is 0 Å². The number of hydrogen-bond acceptors (Lipinski definition) is 9. The van der Waals surface area contributed by atoms with Crippen molar-refractivity contribution in [2.24, 2.45) is 5.41 Å². The molecule has 0 radical (unpaired) electrons. The summed E-state index contributed by atoms with van der Waals surface area (Å²) in [6.45, 7) is 25.0. The summed E-state index contributed by atoms with van der Waals surface area (Å²) in [5.74, 6) is 0. The van der Waals surface area contributed by atoms with E-state index in [-0.39, 0.29) is 21.7 Å². The van der Waals surface area contributed by atoms with Crippen LogP contribution in [0.3, 0.4) is 0 Å². The predicted octanol–water partition coefficient (Wildman–Crippen LogP) is 9.52. The third-order valence-electron chi connectivity index (χ3n) is 10.3. The molecule has 4 aromatic carbocycles. The zero-order chi connectivity index (χ0) is 42.6. The minimum Gasteiger partial charge on any atom is -0.387 e. The van der Waals surface area contributed by atoms with Crippen LogP contribution in [-0.2, 0) is 26.0 Å². The van der Waals surface area contributed by atoms with Crippen LogP contribution in [0.5, 0.6) is 0 Å². The van der Waals surface area contributed by atoms with Crippen molar-refractivity contribution in [1.29, 1.82) is 0 Å². The average Bonchev–Trinajstić information content (AvgIpc) is 3.09. The smallest absolute Gasteiger partial charge is 0.334 e. The van der Waals surface area contributed by atoms with E-state index in [1.54, 1.807) is 0 Å². The van der Waals surface area contributed by atoms with Gasteiger partial charge >= 0.3 is 17.2 Å². The number of aliphatic hydroxyl groups excluding tert-OH is 4. The van der Waals surface area contributed by atoms with Crippen molar-refractivity contribution < 1.29 is 44.3 Å². The van der Waals surface area contributed by atoms with Crippen molar-refractivity contribution in [1.82, 2.24) is 0 Å². The highest BCUT2D eigenvalue weighted by Crippen LogP contribution is 2.62. The van der Waals surface area contributed by atoms with Gasteiger partial charge in [-0.25, -0.2) is 4.31 Å². The molecule has 8 N–H and O–H groups in total. The molecular formula is C45H64O9P2. The molecule has 9 nitrogen and oxygen atoms in total. The number of hydrogen-bond donors (Lipinski definition) is 8. The molecular weight excluding hydrogens is 746 g/mol. The van der Waals surface area contributed by atoms with E-state index in [1.807, 2.05) is 97.1 Å². The SMILES string of the molecule is CC(C)(C)c1ccccc1C(O)C(C(O)c1ccccc1C(C)(C)C)(C(O)c1ccccc1C(C)(C)C)C(O)c1ccccc1C(C)(C)C.OP(O)OP(O)O. The van der Waals surface area contributed by atoms with E-state index in [4.69, 9.17) is 19.6 Å². The average molecular weight is 811 g/mol. The maximum absolute atomic E-state index is 13.3. The molecule has 0 bridgehead atoms. The molecule has 0 amide bonds. The number of benzene rings is 4. The molecule has 0 fully saturated rings. The summed E-state index contributed by atoms with van der Waals surface area (Å²) < 4.78 is 3.60. The van der Waals surface area contributed by atoms with E-state index in [9.17, 15) is 20.4 Å². The van der Waals surface area contributed by atoms with Gasteiger partial charge in [-0.15, -0.1) is 0 Å². The molecule has 4 aromatic rings. The summed E-state index contributed by atoms with van der Waals surface area (Å²) in [6.07, 6.45) is -6.07. The van der Waals surface area contributed by atoms with Gasteiger partial charge in [0.1, 0.15) is 0 Å². The van der Waals surface area contributed by atoms with Crippen LogP contribution in [0.1, 0.15) is 152 Å². The zero-order valence-electron chi connectivity index (χ0n) is 34.9. The van der Waals surface area contributed by atoms with Gasteiger partial charge in [-0.05, 0) is 66.2 Å². The predicted molar refractivity (Wildman–Crippen MR) is 227 cm³/mol. The second-order valence-electron chi connectivity index (χ2n) is 18.5. The lowest BCUT2D eigenvalue weighted by molar-refractivity contribution is -0.206. The first kappa shape index (κ1) is 47.8. The van der Waals surface area contributed by atoms with Crippen molar-refractivity contribution in [3.8, 4) is 0 Å². The topological polar surface area (TPSA) is 171 Å². The van der Waals surface area contributed by atoms with Crippen molar-refractivity contribution >= 4 is 17.2 Å². The van der Waals surface area contributed by atoms with Gasteiger partial charge in [-0.3, -0.25) is 0 Å². The summed E-state index contributed by atoms with van der Waals surface area (Å²) in [5.41, 5.74) is 2.16. The van der Waals surface area contributed by atoms with Crippen LogP contribution in [0.4, 0.5) is 0 Å². The Balaban J connectivity index is 0.00000109. The molecule has 0 aromatic heterocycles. The van der Waals surface area contributed by atoms with Crippen molar-refractivity contribution in [3.05, 3.63) is 142 Å². The van der Waals surface area contributed by atoms with Crippen LogP contribution in [-0.4, -0.2) is 40.0 Å². The molecule has 4 atom stereocenters. The minimum atomic E-state index is -2.61. The Morgan fingerprint density at radius 1 is 0.357 bits per heavy atom. The molecule has 0 aliphatic rings. The van der Waals surface area contributed by atoms with E-state index < -0.39 is 47.0 Å². The van der Waals surface area contributed by atoms with Crippen LogP contribution >= 0.6 is 17.2 Å². The highest BCUT2D eigenvalue weighted by molar-refractivity contribution is 7.53. The molecule has 11 heteroatoms. The third kappa shape index (κ3) is 10.9. The van der Waals surface area contributed by atoms with E-state index in [0.717, 1.165) is 22.3 Å². The molecule has 0 saturated heterocycles. The van der Waals surface area contributed by atoms with Crippen molar-refractivity contribution in [2.45, 2.75) is 129 Å². The minimum absolute atomic E-state index is 0.389. The molecule has 4 rings (SSSR count). The van der Waals surface area contributed by atoms with Gasteiger partial charge in [0.2, 0.25) is 0 Å². The number of rotatable bonds is 10. The van der Waals surface area contributed by atoms with Gasteiger partial charge in [-0.2, -0.15) is 0 Å². The quantitative estimate of drug-likeness (QED) is 0.0727. The van der Waals surface area contributed by atoms with Gasteiger partial charge < -0.3 is 40.0 Å². The zero-order valence-corrected chi connectivity index (χ0v) is 36.7. The molecule has 56 heavy (non-hydrogen) atoms. The normalized spacial score (nSPS) is 16.1. The van der Waals surface area contributed by atoms with Gasteiger partial charge in [0.05, 0.1) is 29.8 Å². The van der Waals surface area contributed by atoms with Crippen LogP contribution in [0.15, 0.2) is 97.1 Å². The van der Waals surface area contributed by atoms with Gasteiger partial charge in [-0.1, -0.05) is 180 Å². The Hall–Kier alpha value is -2.62. The van der Waals surface area contributed by atoms with E-state index in [2.05, 4.69) is 87.4 Å². The summed E-state index contributed by atoms with van der Waals surface area (Å²) in [5, 5.41) is 53.1. The largest absolute Gasteiger partial charge is 0.387 e. The Morgan fingerprint density at radius 3 is 0.679 bits per heavy atom. The van der Waals surface area contributed by atoms with Gasteiger partial charge in [0, 0.05) is 0 Å². The van der Waals surface area contributed by atoms with E-state index in [1.165, 1.54) is 0 Å². The van der Waals surface area contributed by atoms with E-state index in [0.29, 0.717) is 22.3 Å². The second-order valence-corrected chi connectivity index (χ2v) is 20.2. The second kappa shape index (κ2) is 18.5. The van der Waals surface area contributed by atoms with Gasteiger partial charge in [0.15, 0.2) is 0 Å². The summed E-state index contributed by atoms with van der Waals surface area (Å²) >= 11 is 0. The Kier molecular flexibility index (Phi) is 15.8. The Labute approximate surface area is 336 Å². The molecule has 0 saturated carbocycles. The van der Waals surface area contributed by atoms with Crippen LogP contribution < -0.4 is 0 Å².